The van der Waals surface area contributed by atoms with Gasteiger partial charge in [-0.1, -0.05) is 48.5 Å². The summed E-state index contributed by atoms with van der Waals surface area (Å²) in [7, 11) is 0. The van der Waals surface area contributed by atoms with Crippen LogP contribution in [0.2, 0.25) is 0 Å². The topological polar surface area (TPSA) is 13.0 Å². The fourth-order valence-corrected chi connectivity index (χ4v) is 8.27. The molecule has 0 bridgehead atoms. The summed E-state index contributed by atoms with van der Waals surface area (Å²) >= 11 is 7.27. The second kappa shape index (κ2) is 21.6. The van der Waals surface area contributed by atoms with Crippen molar-refractivity contribution in [2.24, 2.45) is 0 Å². The Morgan fingerprint density at radius 3 is 0.700 bits per heavy atom. The van der Waals surface area contributed by atoms with Crippen LogP contribution < -0.4 is 0 Å². The van der Waals surface area contributed by atoms with Crippen molar-refractivity contribution in [3.63, 3.8) is 0 Å². The molecule has 4 aromatic rings. The minimum atomic E-state index is 1.00. The maximum Gasteiger partial charge on any atom is 0.0234 e. The largest absolute Gasteiger partial charge is 0.298 e. The van der Waals surface area contributed by atoms with Crippen molar-refractivity contribution in [2.45, 2.75) is 58.6 Å². The monoisotopic (exact) mass is 744 g/mol. The van der Waals surface area contributed by atoms with Gasteiger partial charge in [-0.25, -0.2) is 0 Å². The van der Waals surface area contributed by atoms with Gasteiger partial charge in [0.25, 0.3) is 0 Å². The zero-order chi connectivity index (χ0) is 35.0. The molecule has 0 N–H and O–H groups in total. The summed E-state index contributed by atoms with van der Waals surface area (Å²) in [4.78, 5) is 16.2. The van der Waals surface area contributed by atoms with E-state index in [4.69, 9.17) is 0 Å². The van der Waals surface area contributed by atoms with Crippen LogP contribution in [0.1, 0.15) is 35.1 Å². The van der Waals surface area contributed by atoms with Crippen molar-refractivity contribution in [1.29, 1.82) is 0 Å². The Balaban J connectivity index is 1.34. The Hall–Kier alpha value is -1.88. The number of nitrogens with zero attached hydrogens (tertiary/aromatic N) is 4. The molecule has 5 rings (SSSR count). The van der Waals surface area contributed by atoms with Gasteiger partial charge in [0, 0.05) is 71.9 Å². The zero-order valence-electron chi connectivity index (χ0n) is 30.6. The van der Waals surface area contributed by atoms with E-state index in [0.717, 1.165) is 91.4 Å². The lowest BCUT2D eigenvalue weighted by molar-refractivity contribution is 0.148. The molecule has 1 saturated heterocycles. The van der Waals surface area contributed by atoms with Crippen molar-refractivity contribution >= 4 is 47.0 Å². The third-order valence-corrected chi connectivity index (χ3v) is 12.6. The van der Waals surface area contributed by atoms with Crippen LogP contribution in [0.15, 0.2) is 117 Å². The van der Waals surface area contributed by atoms with Gasteiger partial charge in [-0.05, 0) is 135 Å². The molecule has 0 saturated carbocycles. The van der Waals surface area contributed by atoms with Crippen LogP contribution in [0, 0.1) is 0 Å². The van der Waals surface area contributed by atoms with E-state index in [1.165, 1.54) is 41.8 Å². The molecule has 4 nitrogen and oxygen atoms in total. The van der Waals surface area contributed by atoms with Crippen LogP contribution in [-0.4, -0.2) is 97.0 Å². The summed E-state index contributed by atoms with van der Waals surface area (Å²) in [6.45, 7) is 12.7. The number of hydrogen-bond acceptors (Lipinski definition) is 8. The first-order chi connectivity index (χ1) is 24.5. The third-order valence-electron chi connectivity index (χ3n) is 9.62. The minimum absolute atomic E-state index is 1.00. The molecule has 0 aromatic heterocycles. The first-order valence-electron chi connectivity index (χ1n) is 17.9. The third kappa shape index (κ3) is 13.3. The lowest BCUT2D eigenvalue weighted by Crippen LogP contribution is -2.40. The summed E-state index contributed by atoms with van der Waals surface area (Å²) in [5, 5.41) is 0. The van der Waals surface area contributed by atoms with Crippen molar-refractivity contribution in [1.82, 2.24) is 19.6 Å². The van der Waals surface area contributed by atoms with Gasteiger partial charge in [0.2, 0.25) is 0 Å². The molecule has 268 valence electrons. The van der Waals surface area contributed by atoms with Crippen LogP contribution in [0.25, 0.3) is 0 Å². The van der Waals surface area contributed by atoms with Gasteiger partial charge >= 0.3 is 0 Å². The first-order valence-corrected chi connectivity index (χ1v) is 22.8. The highest BCUT2D eigenvalue weighted by atomic mass is 32.2. The molecule has 1 fully saturated rings. The average Bonchev–Trinajstić information content (AvgIpc) is 3.16. The second-order valence-corrected chi connectivity index (χ2v) is 16.7. The van der Waals surface area contributed by atoms with Gasteiger partial charge in [-0.2, -0.15) is 0 Å². The van der Waals surface area contributed by atoms with E-state index in [9.17, 15) is 0 Å². The van der Waals surface area contributed by atoms with Crippen LogP contribution in [-0.2, 0) is 26.2 Å². The second-order valence-electron chi connectivity index (χ2n) is 13.2. The highest BCUT2D eigenvalue weighted by molar-refractivity contribution is 7.99. The Labute approximate surface area is 320 Å². The molecular weight excluding hydrogens is 689 g/mol. The maximum atomic E-state index is 2.71. The van der Waals surface area contributed by atoms with Crippen LogP contribution in [0.3, 0.4) is 0 Å². The van der Waals surface area contributed by atoms with E-state index >= 15 is 0 Å². The molecule has 8 heteroatoms. The van der Waals surface area contributed by atoms with Gasteiger partial charge in [-0.3, -0.25) is 19.6 Å². The number of rotatable bonds is 12. The summed E-state index contributed by atoms with van der Waals surface area (Å²) in [6, 6.07) is 36.9. The predicted molar refractivity (Wildman–Crippen MR) is 223 cm³/mol. The van der Waals surface area contributed by atoms with Gasteiger partial charge in [0.1, 0.15) is 0 Å². The summed E-state index contributed by atoms with van der Waals surface area (Å²) < 4.78 is 0. The molecule has 0 amide bonds. The fraction of sp³-hybridized carbons (Fsp3) is 0.429. The van der Waals surface area contributed by atoms with Crippen molar-refractivity contribution in [3.8, 4) is 0 Å². The molecule has 0 radical (unpaired) electrons. The lowest BCUT2D eigenvalue weighted by Gasteiger charge is -2.32. The molecule has 50 heavy (non-hydrogen) atoms. The van der Waals surface area contributed by atoms with E-state index in [2.05, 4.69) is 142 Å². The van der Waals surface area contributed by atoms with E-state index in [-0.39, 0.29) is 0 Å². The first kappa shape index (κ1) is 39.3. The SMILES string of the molecule is CSc1ccc(CN2CCCN(Cc3ccc(SC)cc3)CCN(Cc3ccc(SC)cc3)CCCN(Cc3ccc(SC)cc3)CC2)cc1. The number of hydrogen-bond donors (Lipinski definition) is 0. The standard InChI is InChI=1S/C42H56N4S4/c1-47-39-15-7-35(8-16-39)31-43-23-5-24-45(33-37-11-19-41(49-3)20-12-37)29-30-46(34-38-13-21-42(50-4)22-14-38)26-6-25-44(28-27-43)32-36-9-17-40(48-2)18-10-36/h7-22H,5-6,23-34H2,1-4H3. The fourth-order valence-electron chi connectivity index (χ4n) is 6.64. The smallest absolute Gasteiger partial charge is 0.0234 e. The normalized spacial score (nSPS) is 16.7. The maximum absolute atomic E-state index is 2.71. The zero-order valence-corrected chi connectivity index (χ0v) is 33.8. The molecule has 0 spiro atoms. The molecule has 0 atom stereocenters. The molecule has 4 aromatic carbocycles. The molecular formula is C42H56N4S4. The van der Waals surface area contributed by atoms with E-state index < -0.39 is 0 Å². The summed E-state index contributed by atoms with van der Waals surface area (Å²) in [5.41, 5.74) is 5.65. The van der Waals surface area contributed by atoms with Crippen molar-refractivity contribution in [2.75, 3.05) is 77.4 Å². The Bertz CT molecular complexity index is 1280. The Morgan fingerprint density at radius 1 is 0.320 bits per heavy atom. The minimum Gasteiger partial charge on any atom is -0.298 e. The predicted octanol–water partition coefficient (Wildman–Crippen LogP) is 9.68. The number of thioether (sulfide) groups is 4. The quantitative estimate of drug-likeness (QED) is 0.131. The highest BCUT2D eigenvalue weighted by Crippen LogP contribution is 2.20. The Morgan fingerprint density at radius 2 is 0.520 bits per heavy atom. The van der Waals surface area contributed by atoms with Gasteiger partial charge in [0.15, 0.2) is 0 Å². The van der Waals surface area contributed by atoms with Gasteiger partial charge in [-0.15, -0.1) is 47.0 Å². The summed E-state index contributed by atoms with van der Waals surface area (Å²) in [5.74, 6) is 0. The van der Waals surface area contributed by atoms with Crippen molar-refractivity contribution < 1.29 is 0 Å². The molecule has 0 unspecified atom stereocenters. The van der Waals surface area contributed by atoms with Crippen LogP contribution >= 0.6 is 47.0 Å². The van der Waals surface area contributed by atoms with E-state index in [0.29, 0.717) is 0 Å². The van der Waals surface area contributed by atoms with Crippen LogP contribution in [0.4, 0.5) is 0 Å². The Kier molecular flexibility index (Phi) is 17.0. The van der Waals surface area contributed by atoms with Gasteiger partial charge < -0.3 is 0 Å². The number of benzene rings is 4. The van der Waals surface area contributed by atoms with E-state index in [1.54, 1.807) is 0 Å². The average molecular weight is 745 g/mol. The van der Waals surface area contributed by atoms with Crippen molar-refractivity contribution in [3.05, 3.63) is 119 Å². The summed E-state index contributed by atoms with van der Waals surface area (Å²) in [6.07, 6.45) is 11.0. The molecule has 0 aliphatic carbocycles. The molecule has 1 aliphatic rings. The van der Waals surface area contributed by atoms with Gasteiger partial charge in [0.05, 0.1) is 0 Å². The van der Waals surface area contributed by atoms with Crippen LogP contribution in [0.5, 0.6) is 0 Å². The lowest BCUT2D eigenvalue weighted by atomic mass is 10.1. The highest BCUT2D eigenvalue weighted by Gasteiger charge is 2.17. The van der Waals surface area contributed by atoms with E-state index in [1.807, 2.05) is 47.0 Å². The molecule has 1 heterocycles. The molecule has 1 aliphatic heterocycles.